The number of amidine groups is 1. The maximum atomic E-state index is 4.51. The smallest absolute Gasteiger partial charge is 0.130 e. The summed E-state index contributed by atoms with van der Waals surface area (Å²) in [7, 11) is 0. The fraction of sp³-hybridized carbons (Fsp3) is 0.600. The lowest BCUT2D eigenvalue weighted by Gasteiger charge is -2.05. The molecule has 3 heteroatoms. The number of fused-ring (bicyclic) bond motifs is 1. The van der Waals surface area contributed by atoms with Crippen LogP contribution >= 0.6 is 11.8 Å². The van der Waals surface area contributed by atoms with Crippen molar-refractivity contribution in [3.63, 3.8) is 0 Å². The van der Waals surface area contributed by atoms with E-state index in [2.05, 4.69) is 23.0 Å². The Bertz CT molecular complexity index is 289. The molecule has 0 N–H and O–H groups in total. The van der Waals surface area contributed by atoms with E-state index in [4.69, 9.17) is 0 Å². The summed E-state index contributed by atoms with van der Waals surface area (Å²) in [4.78, 5) is 9.01. The zero-order chi connectivity index (χ0) is 9.10. The molecule has 0 amide bonds. The van der Waals surface area contributed by atoms with Crippen LogP contribution in [0.15, 0.2) is 21.8 Å². The van der Waals surface area contributed by atoms with E-state index in [0.717, 1.165) is 29.4 Å². The first-order valence-corrected chi connectivity index (χ1v) is 5.88. The van der Waals surface area contributed by atoms with E-state index >= 15 is 0 Å². The summed E-state index contributed by atoms with van der Waals surface area (Å²) in [5.74, 6) is 2.20. The molecule has 0 spiro atoms. The zero-order valence-corrected chi connectivity index (χ0v) is 8.73. The second-order valence-corrected chi connectivity index (χ2v) is 4.36. The van der Waals surface area contributed by atoms with Crippen LogP contribution in [0.1, 0.15) is 32.6 Å². The summed E-state index contributed by atoms with van der Waals surface area (Å²) in [5, 5.41) is 1.15. The maximum absolute atomic E-state index is 4.51. The van der Waals surface area contributed by atoms with Gasteiger partial charge in [-0.05, 0) is 12.8 Å². The number of allylic oxidation sites excluding steroid dienone is 1. The average molecular weight is 194 g/mol. The topological polar surface area (TPSA) is 24.7 Å². The van der Waals surface area contributed by atoms with Crippen LogP contribution < -0.4 is 0 Å². The average Bonchev–Trinajstić information content (AvgIpc) is 2.57. The molecule has 0 aliphatic carbocycles. The van der Waals surface area contributed by atoms with E-state index in [1.807, 2.05) is 11.8 Å². The normalized spacial score (nSPS) is 20.5. The van der Waals surface area contributed by atoms with Crippen LogP contribution in [0.25, 0.3) is 0 Å². The fourth-order valence-corrected chi connectivity index (χ4v) is 2.30. The minimum absolute atomic E-state index is 1.04. The Labute approximate surface area is 83.2 Å². The standard InChI is InChI=1S/C10H14N2S/c1-2-3-6-9-11-8-5-4-7-13-10(8)12-9/h5H,2-4,6-7H2,1H3. The van der Waals surface area contributed by atoms with Crippen molar-refractivity contribution < 1.29 is 0 Å². The van der Waals surface area contributed by atoms with Crippen molar-refractivity contribution in [1.82, 2.24) is 0 Å². The highest BCUT2D eigenvalue weighted by atomic mass is 32.2. The molecule has 2 nitrogen and oxygen atoms in total. The molecule has 0 fully saturated rings. The molecule has 0 saturated heterocycles. The van der Waals surface area contributed by atoms with Crippen LogP contribution in [-0.2, 0) is 0 Å². The number of hydrogen-bond donors (Lipinski definition) is 0. The number of rotatable bonds is 3. The van der Waals surface area contributed by atoms with Gasteiger partial charge in [0.15, 0.2) is 0 Å². The first-order valence-electron chi connectivity index (χ1n) is 4.89. The Kier molecular flexibility index (Phi) is 2.83. The van der Waals surface area contributed by atoms with Crippen LogP contribution in [-0.4, -0.2) is 16.6 Å². The lowest BCUT2D eigenvalue weighted by atomic mass is 10.2. The van der Waals surface area contributed by atoms with E-state index in [9.17, 15) is 0 Å². The van der Waals surface area contributed by atoms with Gasteiger partial charge in [-0.15, -0.1) is 11.8 Å². The minimum Gasteiger partial charge on any atom is -0.231 e. The Morgan fingerprint density at radius 3 is 3.15 bits per heavy atom. The lowest BCUT2D eigenvalue weighted by molar-refractivity contribution is 0.832. The number of unbranched alkanes of at least 4 members (excludes halogenated alkanes) is 1. The molecule has 0 aromatic heterocycles. The fourth-order valence-electron chi connectivity index (χ4n) is 1.42. The van der Waals surface area contributed by atoms with Gasteiger partial charge in [-0.25, -0.2) is 9.98 Å². The third-order valence-corrected chi connectivity index (χ3v) is 3.16. The predicted octanol–water partition coefficient (Wildman–Crippen LogP) is 3.01. The van der Waals surface area contributed by atoms with Gasteiger partial charge >= 0.3 is 0 Å². The largest absolute Gasteiger partial charge is 0.231 e. The summed E-state index contributed by atoms with van der Waals surface area (Å²) in [6.07, 6.45) is 6.80. The molecule has 70 valence electrons. The van der Waals surface area contributed by atoms with Crippen molar-refractivity contribution in [2.45, 2.75) is 32.6 Å². The molecular weight excluding hydrogens is 180 g/mol. The van der Waals surface area contributed by atoms with Crippen molar-refractivity contribution in [3.8, 4) is 0 Å². The Balaban J connectivity index is 2.05. The molecule has 0 aromatic carbocycles. The van der Waals surface area contributed by atoms with Crippen molar-refractivity contribution in [2.75, 3.05) is 5.75 Å². The molecule has 0 aromatic rings. The van der Waals surface area contributed by atoms with Crippen LogP contribution in [0.4, 0.5) is 0 Å². The third kappa shape index (κ3) is 2.02. The second-order valence-electron chi connectivity index (χ2n) is 3.28. The van der Waals surface area contributed by atoms with Gasteiger partial charge in [-0.3, -0.25) is 0 Å². The summed E-state index contributed by atoms with van der Waals surface area (Å²) < 4.78 is 0. The molecule has 2 rings (SSSR count). The van der Waals surface area contributed by atoms with Gasteiger partial charge < -0.3 is 0 Å². The molecule has 0 unspecified atom stereocenters. The van der Waals surface area contributed by atoms with Crippen molar-refractivity contribution in [2.24, 2.45) is 9.98 Å². The van der Waals surface area contributed by atoms with Crippen molar-refractivity contribution >= 4 is 22.6 Å². The zero-order valence-electron chi connectivity index (χ0n) is 7.92. The SMILES string of the molecule is CCCCC1=NC2=CCCSC2=N1. The van der Waals surface area contributed by atoms with E-state index in [1.54, 1.807) is 0 Å². The Hall–Kier alpha value is -0.570. The highest BCUT2D eigenvalue weighted by Gasteiger charge is 2.18. The quantitative estimate of drug-likeness (QED) is 0.677. The molecule has 2 aliphatic rings. The second kappa shape index (κ2) is 4.09. The van der Waals surface area contributed by atoms with Gasteiger partial charge in [0.1, 0.15) is 10.9 Å². The summed E-state index contributed by atoms with van der Waals surface area (Å²) in [6.45, 7) is 2.20. The summed E-state index contributed by atoms with van der Waals surface area (Å²) in [6, 6.07) is 0. The summed E-state index contributed by atoms with van der Waals surface area (Å²) in [5.41, 5.74) is 1.13. The molecule has 0 bridgehead atoms. The van der Waals surface area contributed by atoms with Gasteiger partial charge in [0, 0.05) is 12.2 Å². The van der Waals surface area contributed by atoms with Crippen LogP contribution in [0.2, 0.25) is 0 Å². The first kappa shape index (κ1) is 9.00. The van der Waals surface area contributed by atoms with Crippen LogP contribution in [0.5, 0.6) is 0 Å². The summed E-state index contributed by atoms with van der Waals surface area (Å²) >= 11 is 1.84. The van der Waals surface area contributed by atoms with E-state index < -0.39 is 0 Å². The minimum atomic E-state index is 1.04. The molecule has 2 aliphatic heterocycles. The first-order chi connectivity index (χ1) is 6.40. The van der Waals surface area contributed by atoms with Gasteiger partial charge in [-0.1, -0.05) is 19.4 Å². The molecule has 13 heavy (non-hydrogen) atoms. The van der Waals surface area contributed by atoms with Gasteiger partial charge in [0.25, 0.3) is 0 Å². The number of nitrogens with zero attached hydrogens (tertiary/aromatic N) is 2. The van der Waals surface area contributed by atoms with E-state index in [1.165, 1.54) is 18.6 Å². The highest BCUT2D eigenvalue weighted by Crippen LogP contribution is 2.26. The maximum Gasteiger partial charge on any atom is 0.130 e. The third-order valence-electron chi connectivity index (χ3n) is 2.15. The van der Waals surface area contributed by atoms with E-state index in [0.29, 0.717) is 0 Å². The lowest BCUT2D eigenvalue weighted by Crippen LogP contribution is -1.98. The molecule has 0 radical (unpaired) electrons. The monoisotopic (exact) mass is 194 g/mol. The van der Waals surface area contributed by atoms with Gasteiger partial charge in [0.2, 0.25) is 0 Å². The van der Waals surface area contributed by atoms with Crippen molar-refractivity contribution in [3.05, 3.63) is 11.8 Å². The predicted molar refractivity (Wildman–Crippen MR) is 59.6 cm³/mol. The van der Waals surface area contributed by atoms with E-state index in [-0.39, 0.29) is 0 Å². The van der Waals surface area contributed by atoms with Crippen LogP contribution in [0, 0.1) is 0 Å². The molecular formula is C10H14N2S. The number of aliphatic imine (C=N–C) groups is 2. The number of thioether (sulfide) groups is 1. The highest BCUT2D eigenvalue weighted by molar-refractivity contribution is 8.14. The molecule has 2 heterocycles. The number of hydrogen-bond acceptors (Lipinski definition) is 3. The van der Waals surface area contributed by atoms with Gasteiger partial charge in [0.05, 0.1) is 5.70 Å². The Morgan fingerprint density at radius 2 is 2.38 bits per heavy atom. The molecule has 0 atom stereocenters. The van der Waals surface area contributed by atoms with Crippen molar-refractivity contribution in [1.29, 1.82) is 0 Å². The van der Waals surface area contributed by atoms with Crippen LogP contribution in [0.3, 0.4) is 0 Å². The molecule has 0 saturated carbocycles. The Morgan fingerprint density at radius 1 is 1.46 bits per heavy atom. The van der Waals surface area contributed by atoms with Gasteiger partial charge in [-0.2, -0.15) is 0 Å².